The van der Waals surface area contributed by atoms with E-state index in [1.165, 1.54) is 0 Å². The Morgan fingerprint density at radius 2 is 1.73 bits per heavy atom. The molecule has 0 spiro atoms. The van der Waals surface area contributed by atoms with Gasteiger partial charge in [0.25, 0.3) is 0 Å². The predicted octanol–water partition coefficient (Wildman–Crippen LogP) is -1.90. The highest BCUT2D eigenvalue weighted by Gasteiger charge is 2.28. The van der Waals surface area contributed by atoms with E-state index in [2.05, 4.69) is 5.16 Å². The molecule has 0 unspecified atom stereocenters. The summed E-state index contributed by atoms with van der Waals surface area (Å²) >= 11 is 0. The first-order chi connectivity index (χ1) is 7.14. The minimum atomic E-state index is -1.04. The topological polar surface area (TPSA) is 129 Å². The van der Waals surface area contributed by atoms with Crippen LogP contribution in [0.5, 0.6) is 0 Å². The molecule has 15 heavy (non-hydrogen) atoms. The van der Waals surface area contributed by atoms with Gasteiger partial charge in [-0.3, -0.25) is 0 Å². The maximum Gasteiger partial charge on any atom is 0.141 e. The van der Waals surface area contributed by atoms with Gasteiger partial charge < -0.3 is 31.0 Å². The Hall–Kier alpha value is -0.890. The largest absolute Gasteiger partial charge is 0.409 e. The van der Waals surface area contributed by atoms with Crippen LogP contribution in [0, 0.1) is 5.41 Å². The highest BCUT2D eigenvalue weighted by molar-refractivity contribution is 5.79. The molecule has 6 N–H and O–H groups in total. The van der Waals surface area contributed by atoms with E-state index in [1.807, 2.05) is 0 Å². The van der Waals surface area contributed by atoms with Crippen LogP contribution >= 0.6 is 0 Å². The minimum Gasteiger partial charge on any atom is -0.409 e. The third kappa shape index (κ3) is 4.93. The molecule has 0 atom stereocenters. The van der Waals surface area contributed by atoms with Crippen LogP contribution in [0.15, 0.2) is 5.16 Å². The lowest BCUT2D eigenvalue weighted by molar-refractivity contribution is -0.0564. The Balaban J connectivity index is 3.81. The molecule has 0 aliphatic carbocycles. The van der Waals surface area contributed by atoms with Crippen LogP contribution in [-0.2, 0) is 4.74 Å². The molecule has 0 aromatic heterocycles. The number of amidine groups is 1. The number of aliphatic hydroxyl groups is 3. The molecule has 0 aliphatic heterocycles. The summed E-state index contributed by atoms with van der Waals surface area (Å²) in [5.41, 5.74) is 4.16. The number of ether oxygens (including phenoxy) is 1. The zero-order valence-electron chi connectivity index (χ0n) is 8.46. The van der Waals surface area contributed by atoms with Gasteiger partial charge >= 0.3 is 0 Å². The first-order valence-corrected chi connectivity index (χ1v) is 4.51. The van der Waals surface area contributed by atoms with Crippen LogP contribution in [0.2, 0.25) is 0 Å². The average Bonchev–Trinajstić information content (AvgIpc) is 2.30. The highest BCUT2D eigenvalue weighted by Crippen LogP contribution is 2.14. The zero-order valence-corrected chi connectivity index (χ0v) is 8.46. The second-order valence-corrected chi connectivity index (χ2v) is 3.37. The van der Waals surface area contributed by atoms with Gasteiger partial charge in [0.15, 0.2) is 0 Å². The quantitative estimate of drug-likeness (QED) is 0.107. The van der Waals surface area contributed by atoms with Gasteiger partial charge in [0.2, 0.25) is 0 Å². The van der Waals surface area contributed by atoms with Crippen molar-refractivity contribution in [3.8, 4) is 0 Å². The molecule has 0 heterocycles. The standard InChI is InChI=1S/C8H18N2O5/c9-7(10-14)1-2-15-6-8(3-11,4-12)5-13/h11-14H,1-6H2,(H2,9,10). The fourth-order valence-corrected chi connectivity index (χ4v) is 0.802. The van der Waals surface area contributed by atoms with Gasteiger partial charge in [0.1, 0.15) is 5.84 Å². The fraction of sp³-hybridized carbons (Fsp3) is 0.875. The van der Waals surface area contributed by atoms with Crippen molar-refractivity contribution in [2.24, 2.45) is 16.3 Å². The third-order valence-corrected chi connectivity index (χ3v) is 2.05. The monoisotopic (exact) mass is 222 g/mol. The average molecular weight is 222 g/mol. The SMILES string of the molecule is N/C(CCOCC(CO)(CO)CO)=N/O. The molecule has 0 radical (unpaired) electrons. The van der Waals surface area contributed by atoms with Crippen molar-refractivity contribution >= 4 is 5.84 Å². The van der Waals surface area contributed by atoms with Crippen LogP contribution in [-0.4, -0.2) is 59.4 Å². The summed E-state index contributed by atoms with van der Waals surface area (Å²) in [6.45, 7) is -0.913. The second-order valence-electron chi connectivity index (χ2n) is 3.37. The molecule has 0 saturated heterocycles. The maximum atomic E-state index is 8.94. The number of hydrogen-bond donors (Lipinski definition) is 5. The minimum absolute atomic E-state index is 0.00914. The number of nitrogens with two attached hydrogens (primary N) is 1. The van der Waals surface area contributed by atoms with E-state index in [4.69, 9.17) is 31.0 Å². The van der Waals surface area contributed by atoms with E-state index in [9.17, 15) is 0 Å². The van der Waals surface area contributed by atoms with Gasteiger partial charge in [-0.15, -0.1) is 0 Å². The third-order valence-electron chi connectivity index (χ3n) is 2.05. The van der Waals surface area contributed by atoms with E-state index in [-0.39, 0.29) is 45.3 Å². The lowest BCUT2D eigenvalue weighted by Crippen LogP contribution is -2.39. The smallest absolute Gasteiger partial charge is 0.141 e. The van der Waals surface area contributed by atoms with Crippen LogP contribution in [0.25, 0.3) is 0 Å². The Morgan fingerprint density at radius 1 is 1.20 bits per heavy atom. The summed E-state index contributed by atoms with van der Waals surface area (Å²) in [6, 6.07) is 0. The van der Waals surface area contributed by atoms with Crippen molar-refractivity contribution in [1.29, 1.82) is 0 Å². The molecule has 0 aromatic carbocycles. The van der Waals surface area contributed by atoms with Crippen molar-refractivity contribution < 1.29 is 25.3 Å². The summed E-state index contributed by atoms with van der Waals surface area (Å²) in [4.78, 5) is 0. The van der Waals surface area contributed by atoms with E-state index >= 15 is 0 Å². The summed E-state index contributed by atoms with van der Waals surface area (Å²) in [6.07, 6.45) is 0.245. The van der Waals surface area contributed by atoms with Crippen molar-refractivity contribution in [1.82, 2.24) is 0 Å². The van der Waals surface area contributed by atoms with Crippen molar-refractivity contribution in [3.63, 3.8) is 0 Å². The molecule has 0 saturated carbocycles. The summed E-state index contributed by atoms with van der Waals surface area (Å²) < 4.78 is 5.09. The Labute approximate surface area is 87.8 Å². The van der Waals surface area contributed by atoms with Gasteiger partial charge in [-0.25, -0.2) is 0 Å². The molecule has 0 fully saturated rings. The van der Waals surface area contributed by atoms with Gasteiger partial charge in [0, 0.05) is 6.42 Å². The summed E-state index contributed by atoms with van der Waals surface area (Å²) in [5.74, 6) is 0.0394. The Bertz CT molecular complexity index is 185. The number of hydrogen-bond acceptors (Lipinski definition) is 6. The summed E-state index contributed by atoms with van der Waals surface area (Å²) in [7, 11) is 0. The number of rotatable bonds is 8. The van der Waals surface area contributed by atoms with Crippen LogP contribution < -0.4 is 5.73 Å². The van der Waals surface area contributed by atoms with Crippen LogP contribution in [0.1, 0.15) is 6.42 Å². The molecular weight excluding hydrogens is 204 g/mol. The van der Waals surface area contributed by atoms with E-state index in [0.717, 1.165) is 0 Å². The molecule has 0 bridgehead atoms. The first kappa shape index (κ1) is 14.1. The van der Waals surface area contributed by atoms with Crippen molar-refractivity contribution in [2.75, 3.05) is 33.0 Å². The van der Waals surface area contributed by atoms with Crippen molar-refractivity contribution in [3.05, 3.63) is 0 Å². The van der Waals surface area contributed by atoms with E-state index in [0.29, 0.717) is 0 Å². The molecule has 7 heteroatoms. The molecule has 0 aliphatic rings. The fourth-order valence-electron chi connectivity index (χ4n) is 0.802. The Kier molecular flexibility index (Phi) is 6.97. The summed E-state index contributed by atoms with van der Waals surface area (Å²) in [5, 5.41) is 37.8. The molecule has 0 amide bonds. The zero-order chi connectivity index (χ0) is 11.7. The number of oxime groups is 1. The van der Waals surface area contributed by atoms with Crippen LogP contribution in [0.4, 0.5) is 0 Å². The Morgan fingerprint density at radius 3 is 2.13 bits per heavy atom. The number of nitrogens with zero attached hydrogens (tertiary/aromatic N) is 1. The normalized spacial score (nSPS) is 13.1. The predicted molar refractivity (Wildman–Crippen MR) is 52.5 cm³/mol. The molecule has 0 aromatic rings. The second kappa shape index (κ2) is 7.41. The first-order valence-electron chi connectivity index (χ1n) is 4.51. The number of aliphatic hydroxyl groups excluding tert-OH is 3. The van der Waals surface area contributed by atoms with Gasteiger partial charge in [-0.05, 0) is 0 Å². The van der Waals surface area contributed by atoms with E-state index in [1.54, 1.807) is 0 Å². The van der Waals surface area contributed by atoms with Crippen LogP contribution in [0.3, 0.4) is 0 Å². The molecule has 0 rings (SSSR count). The highest BCUT2D eigenvalue weighted by atomic mass is 16.5. The molecule has 7 nitrogen and oxygen atoms in total. The van der Waals surface area contributed by atoms with Crippen molar-refractivity contribution in [2.45, 2.75) is 6.42 Å². The lowest BCUT2D eigenvalue weighted by Gasteiger charge is -2.26. The molecule has 90 valence electrons. The maximum absolute atomic E-state index is 8.94. The van der Waals surface area contributed by atoms with Gasteiger partial charge in [0.05, 0.1) is 38.4 Å². The van der Waals surface area contributed by atoms with E-state index < -0.39 is 5.41 Å². The molecular formula is C8H18N2O5. The lowest BCUT2D eigenvalue weighted by atomic mass is 9.93. The van der Waals surface area contributed by atoms with Gasteiger partial charge in [-0.1, -0.05) is 5.16 Å². The van der Waals surface area contributed by atoms with Gasteiger partial charge in [-0.2, -0.15) is 0 Å².